The lowest BCUT2D eigenvalue weighted by Gasteiger charge is -2.06. The van der Waals surface area contributed by atoms with Crippen LogP contribution in [0.3, 0.4) is 0 Å². The Morgan fingerprint density at radius 3 is 1.54 bits per heavy atom. The Kier molecular flexibility index (Phi) is 7.16. The van der Waals surface area contributed by atoms with Gasteiger partial charge in [-0.2, -0.15) is 0 Å². The summed E-state index contributed by atoms with van der Waals surface area (Å²) in [5.74, 6) is 0. The van der Waals surface area contributed by atoms with Gasteiger partial charge in [-0.25, -0.2) is 0 Å². The lowest BCUT2D eigenvalue weighted by molar-refractivity contribution is 0.108. The van der Waals surface area contributed by atoms with E-state index in [-0.39, 0.29) is 0 Å². The fourth-order valence-corrected chi connectivity index (χ4v) is 3.78. The van der Waals surface area contributed by atoms with Gasteiger partial charge in [0.05, 0.1) is 11.0 Å². The normalized spacial score (nSPS) is 10.1. The largest absolute Gasteiger partial charge is 0.354 e. The van der Waals surface area contributed by atoms with Crippen molar-refractivity contribution < 1.29 is 9.15 Å². The predicted octanol–water partition coefficient (Wildman–Crippen LogP) is 8.47. The molecule has 2 aromatic heterocycles. The van der Waals surface area contributed by atoms with Crippen LogP contribution in [-0.4, -0.2) is 9.97 Å². The summed E-state index contributed by atoms with van der Waals surface area (Å²) in [6.45, 7) is 12.4. The highest BCUT2D eigenvalue weighted by Gasteiger charge is 2.16. The van der Waals surface area contributed by atoms with Crippen LogP contribution >= 0.6 is 0 Å². The summed E-state index contributed by atoms with van der Waals surface area (Å²) in [5, 5.41) is 5.26. The zero-order valence-corrected chi connectivity index (χ0v) is 17.4. The zero-order chi connectivity index (χ0) is 20.8. The molecule has 148 valence electrons. The van der Waals surface area contributed by atoms with Crippen molar-refractivity contribution in [2.45, 2.75) is 41.5 Å². The number of fused-ring (bicyclic) bond motifs is 7. The average molecular weight is 382 g/mol. The van der Waals surface area contributed by atoms with Gasteiger partial charge in [-0.3, -0.25) is 0 Å². The SMILES string of the molecule is CC.CC.Cc1c(C)c2c3ccccc3[nH]c2c2c1[nH]c1ccccc12.FF. The maximum absolute atomic E-state index is 8.00. The standard InChI is InChI=1S/C20H16N2.2C2H6.F2/c1-11-12(2)19-18(14-8-4-6-10-16(14)21-19)20-17(11)13-7-3-5-9-15(13)22-20;3*1-2/h3-10,21-22H,1-2H3;2*1-2H3;. The fraction of sp³-hybridized carbons (Fsp3) is 0.250. The lowest BCUT2D eigenvalue weighted by atomic mass is 9.98. The van der Waals surface area contributed by atoms with Crippen LogP contribution in [0.4, 0.5) is 9.15 Å². The molecule has 0 unspecified atom stereocenters. The van der Waals surface area contributed by atoms with Crippen molar-refractivity contribution in [2.24, 2.45) is 0 Å². The fourth-order valence-electron chi connectivity index (χ4n) is 3.78. The Morgan fingerprint density at radius 2 is 1.00 bits per heavy atom. The highest BCUT2D eigenvalue weighted by Crippen LogP contribution is 2.39. The summed E-state index contributed by atoms with van der Waals surface area (Å²) in [6.07, 6.45) is 0. The third-order valence-electron chi connectivity index (χ3n) is 4.97. The number of aryl methyl sites for hydroxylation is 2. The minimum Gasteiger partial charge on any atom is -0.354 e. The van der Waals surface area contributed by atoms with Gasteiger partial charge in [0.25, 0.3) is 0 Å². The molecule has 0 bridgehead atoms. The molecule has 3 aromatic carbocycles. The molecule has 0 saturated heterocycles. The summed E-state index contributed by atoms with van der Waals surface area (Å²) < 4.78 is 16.0. The van der Waals surface area contributed by atoms with Gasteiger partial charge in [0.1, 0.15) is 0 Å². The molecule has 4 heteroatoms. The van der Waals surface area contributed by atoms with Crippen LogP contribution in [0, 0.1) is 13.8 Å². The van der Waals surface area contributed by atoms with Gasteiger partial charge < -0.3 is 9.97 Å². The lowest BCUT2D eigenvalue weighted by Crippen LogP contribution is -1.85. The highest BCUT2D eigenvalue weighted by atomic mass is 20.0. The van der Waals surface area contributed by atoms with Crippen LogP contribution < -0.4 is 0 Å². The number of halogens is 2. The first-order chi connectivity index (χ1) is 13.8. The number of aromatic amines is 2. The maximum atomic E-state index is 8.00. The van der Waals surface area contributed by atoms with Crippen molar-refractivity contribution in [1.82, 2.24) is 9.97 Å². The number of H-pyrrole nitrogens is 2. The summed E-state index contributed by atoms with van der Waals surface area (Å²) in [5.41, 5.74) is 7.59. The summed E-state index contributed by atoms with van der Waals surface area (Å²) in [7, 11) is 0. The molecule has 28 heavy (non-hydrogen) atoms. The first-order valence-corrected chi connectivity index (χ1v) is 9.80. The van der Waals surface area contributed by atoms with E-state index in [2.05, 4.69) is 72.3 Å². The van der Waals surface area contributed by atoms with E-state index in [1.54, 1.807) is 0 Å². The van der Waals surface area contributed by atoms with E-state index < -0.39 is 0 Å². The predicted molar refractivity (Wildman–Crippen MR) is 120 cm³/mol. The second-order valence-corrected chi connectivity index (χ2v) is 6.09. The average Bonchev–Trinajstić information content (AvgIpc) is 3.35. The highest BCUT2D eigenvalue weighted by molar-refractivity contribution is 6.26. The molecule has 0 fully saturated rings. The molecule has 5 aromatic rings. The molecule has 0 aliphatic carbocycles. The molecule has 2 N–H and O–H groups in total. The van der Waals surface area contributed by atoms with Gasteiger partial charge in [0.2, 0.25) is 0 Å². The van der Waals surface area contributed by atoms with Gasteiger partial charge in [-0.15, -0.1) is 0 Å². The topological polar surface area (TPSA) is 31.6 Å². The Morgan fingerprint density at radius 1 is 0.571 bits per heavy atom. The van der Waals surface area contributed by atoms with Crippen LogP contribution in [0.15, 0.2) is 48.5 Å². The van der Waals surface area contributed by atoms with Gasteiger partial charge in [0, 0.05) is 41.7 Å². The first kappa shape index (κ1) is 21.4. The Bertz CT molecular complexity index is 1200. The van der Waals surface area contributed by atoms with E-state index in [0.29, 0.717) is 0 Å². The van der Waals surface area contributed by atoms with Crippen LogP contribution in [0.2, 0.25) is 0 Å². The minimum absolute atomic E-state index is 1.20. The van der Waals surface area contributed by atoms with Crippen molar-refractivity contribution in [3.05, 3.63) is 59.7 Å². The number of hydrogen-bond acceptors (Lipinski definition) is 0. The van der Waals surface area contributed by atoms with Crippen molar-refractivity contribution in [2.75, 3.05) is 0 Å². The number of aromatic nitrogens is 2. The molecule has 0 amide bonds. The minimum atomic E-state index is 1.20. The third kappa shape index (κ3) is 3.24. The van der Waals surface area contributed by atoms with Gasteiger partial charge in [-0.1, -0.05) is 64.1 Å². The monoisotopic (exact) mass is 382 g/mol. The molecule has 2 nitrogen and oxygen atoms in total. The molecule has 0 aliphatic rings. The number of hydrogen-bond donors (Lipinski definition) is 2. The summed E-state index contributed by atoms with van der Waals surface area (Å²) >= 11 is 0. The molecule has 0 atom stereocenters. The first-order valence-electron chi connectivity index (χ1n) is 9.80. The van der Waals surface area contributed by atoms with Crippen LogP contribution in [0.25, 0.3) is 43.6 Å². The van der Waals surface area contributed by atoms with Gasteiger partial charge >= 0.3 is 0 Å². The maximum Gasteiger partial charge on any atom is 0.0569 e. The third-order valence-corrected chi connectivity index (χ3v) is 4.97. The van der Waals surface area contributed by atoms with Crippen molar-refractivity contribution in [3.8, 4) is 0 Å². The van der Waals surface area contributed by atoms with Crippen LogP contribution in [0.5, 0.6) is 0 Å². The summed E-state index contributed by atoms with van der Waals surface area (Å²) in [6, 6.07) is 17.1. The molecule has 0 radical (unpaired) electrons. The molecule has 5 rings (SSSR count). The van der Waals surface area contributed by atoms with E-state index in [0.717, 1.165) is 0 Å². The molecular weight excluding hydrogens is 354 g/mol. The van der Waals surface area contributed by atoms with E-state index in [9.17, 15) is 0 Å². The molecular formula is C24H28F2N2. The molecule has 0 spiro atoms. The van der Waals surface area contributed by atoms with Crippen LogP contribution in [0.1, 0.15) is 38.8 Å². The zero-order valence-electron chi connectivity index (χ0n) is 17.4. The number of para-hydroxylation sites is 2. The Balaban J connectivity index is 0.000000430. The van der Waals surface area contributed by atoms with Crippen molar-refractivity contribution in [3.63, 3.8) is 0 Å². The number of rotatable bonds is 0. The Hall–Kier alpha value is -2.88. The smallest absolute Gasteiger partial charge is 0.0569 e. The van der Waals surface area contributed by atoms with E-state index in [4.69, 9.17) is 9.15 Å². The van der Waals surface area contributed by atoms with Crippen molar-refractivity contribution >= 4 is 43.6 Å². The van der Waals surface area contributed by atoms with E-state index in [1.807, 2.05) is 27.7 Å². The van der Waals surface area contributed by atoms with E-state index >= 15 is 0 Å². The van der Waals surface area contributed by atoms with Gasteiger partial charge in [-0.05, 0) is 37.1 Å². The molecule has 0 aliphatic heterocycles. The summed E-state index contributed by atoms with van der Waals surface area (Å²) in [4.78, 5) is 7.25. The second-order valence-electron chi connectivity index (χ2n) is 6.09. The molecule has 2 heterocycles. The number of nitrogens with one attached hydrogen (secondary N) is 2. The second kappa shape index (κ2) is 9.36. The van der Waals surface area contributed by atoms with E-state index in [1.165, 1.54) is 54.7 Å². The van der Waals surface area contributed by atoms with Gasteiger partial charge in [0.15, 0.2) is 0 Å². The Labute approximate surface area is 164 Å². The molecule has 0 saturated carbocycles. The quantitative estimate of drug-likeness (QED) is 0.269. The van der Waals surface area contributed by atoms with Crippen molar-refractivity contribution in [1.29, 1.82) is 0 Å². The van der Waals surface area contributed by atoms with Crippen LogP contribution in [-0.2, 0) is 0 Å². The number of benzene rings is 3.